The average Bonchev–Trinajstić information content (AvgIpc) is 2.74. The van der Waals surface area contributed by atoms with Gasteiger partial charge in [0, 0.05) is 18.1 Å². The van der Waals surface area contributed by atoms with Crippen molar-refractivity contribution in [2.24, 2.45) is 0 Å². The SMILES string of the molecule is CCCCNC(=O)[C@@H](CC)N(Cc1ccc(Cl)cc1)C(=O)COc1ccccc1. The molecule has 0 aliphatic rings. The van der Waals surface area contributed by atoms with Gasteiger partial charge in [0.1, 0.15) is 11.8 Å². The van der Waals surface area contributed by atoms with Crippen molar-refractivity contribution in [3.63, 3.8) is 0 Å². The van der Waals surface area contributed by atoms with Gasteiger partial charge in [-0.05, 0) is 42.7 Å². The second kappa shape index (κ2) is 12.1. The monoisotopic (exact) mass is 416 g/mol. The van der Waals surface area contributed by atoms with E-state index in [2.05, 4.69) is 12.2 Å². The quantitative estimate of drug-likeness (QED) is 0.551. The highest BCUT2D eigenvalue weighted by molar-refractivity contribution is 6.30. The summed E-state index contributed by atoms with van der Waals surface area (Å²) in [6.45, 7) is 4.77. The molecule has 2 amide bonds. The Morgan fingerprint density at radius 3 is 2.38 bits per heavy atom. The fourth-order valence-corrected chi connectivity index (χ4v) is 3.08. The molecule has 0 saturated heterocycles. The van der Waals surface area contributed by atoms with Crippen LogP contribution in [0.2, 0.25) is 5.02 Å². The Balaban J connectivity index is 2.14. The van der Waals surface area contributed by atoms with Gasteiger partial charge in [0.2, 0.25) is 5.91 Å². The van der Waals surface area contributed by atoms with Crippen LogP contribution in [0.3, 0.4) is 0 Å². The van der Waals surface area contributed by atoms with Crippen LogP contribution in [0.1, 0.15) is 38.7 Å². The number of nitrogens with zero attached hydrogens (tertiary/aromatic N) is 1. The van der Waals surface area contributed by atoms with E-state index >= 15 is 0 Å². The summed E-state index contributed by atoms with van der Waals surface area (Å²) in [6.07, 6.45) is 2.42. The van der Waals surface area contributed by atoms with Crippen molar-refractivity contribution in [1.82, 2.24) is 10.2 Å². The molecule has 0 bridgehead atoms. The van der Waals surface area contributed by atoms with Gasteiger partial charge in [0.25, 0.3) is 5.91 Å². The molecule has 5 nitrogen and oxygen atoms in total. The maximum absolute atomic E-state index is 13.0. The second-order valence-electron chi connectivity index (χ2n) is 6.82. The maximum Gasteiger partial charge on any atom is 0.261 e. The van der Waals surface area contributed by atoms with Gasteiger partial charge < -0.3 is 15.0 Å². The van der Waals surface area contributed by atoms with Crippen molar-refractivity contribution >= 4 is 23.4 Å². The van der Waals surface area contributed by atoms with E-state index in [1.165, 1.54) is 0 Å². The molecule has 0 aliphatic heterocycles. The number of hydrogen-bond acceptors (Lipinski definition) is 3. The summed E-state index contributed by atoms with van der Waals surface area (Å²) >= 11 is 5.97. The third kappa shape index (κ3) is 7.42. The van der Waals surface area contributed by atoms with E-state index in [0.29, 0.717) is 30.3 Å². The topological polar surface area (TPSA) is 58.6 Å². The Morgan fingerprint density at radius 1 is 1.07 bits per heavy atom. The van der Waals surface area contributed by atoms with Crippen LogP contribution in [0.4, 0.5) is 0 Å². The Labute approximate surface area is 178 Å². The van der Waals surface area contributed by atoms with Crippen molar-refractivity contribution in [1.29, 1.82) is 0 Å². The van der Waals surface area contributed by atoms with E-state index in [0.717, 1.165) is 18.4 Å². The highest BCUT2D eigenvalue weighted by atomic mass is 35.5. The van der Waals surface area contributed by atoms with Crippen LogP contribution in [0.25, 0.3) is 0 Å². The molecule has 0 radical (unpaired) electrons. The van der Waals surface area contributed by atoms with E-state index in [1.54, 1.807) is 29.2 Å². The average molecular weight is 417 g/mol. The van der Waals surface area contributed by atoms with Gasteiger partial charge >= 0.3 is 0 Å². The number of carbonyl (C=O) groups excluding carboxylic acids is 2. The number of ether oxygens (including phenoxy) is 1. The molecule has 0 unspecified atom stereocenters. The molecule has 2 aromatic carbocycles. The van der Waals surface area contributed by atoms with Gasteiger partial charge in [0.15, 0.2) is 6.61 Å². The normalized spacial score (nSPS) is 11.6. The number of para-hydroxylation sites is 1. The first-order valence-electron chi connectivity index (χ1n) is 10.0. The van der Waals surface area contributed by atoms with Gasteiger partial charge in [0.05, 0.1) is 0 Å². The summed E-state index contributed by atoms with van der Waals surface area (Å²) in [5.41, 5.74) is 0.905. The first-order chi connectivity index (χ1) is 14.0. The van der Waals surface area contributed by atoms with Gasteiger partial charge in [-0.15, -0.1) is 0 Å². The number of unbranched alkanes of at least 4 members (excludes halogenated alkanes) is 1. The molecule has 0 saturated carbocycles. The molecule has 6 heteroatoms. The van der Waals surface area contributed by atoms with Crippen LogP contribution in [0, 0.1) is 0 Å². The number of halogens is 1. The number of rotatable bonds is 11. The highest BCUT2D eigenvalue weighted by Crippen LogP contribution is 2.16. The van der Waals surface area contributed by atoms with E-state index in [1.807, 2.05) is 37.3 Å². The minimum Gasteiger partial charge on any atom is -0.484 e. The van der Waals surface area contributed by atoms with Gasteiger partial charge in [-0.25, -0.2) is 0 Å². The molecule has 0 aliphatic carbocycles. The fourth-order valence-electron chi connectivity index (χ4n) is 2.96. The zero-order chi connectivity index (χ0) is 21.1. The third-order valence-electron chi connectivity index (χ3n) is 4.59. The predicted octanol–water partition coefficient (Wildman–Crippen LogP) is 4.44. The van der Waals surface area contributed by atoms with Crippen molar-refractivity contribution in [3.05, 3.63) is 65.2 Å². The number of carbonyl (C=O) groups is 2. The molecule has 29 heavy (non-hydrogen) atoms. The van der Waals surface area contributed by atoms with Crippen LogP contribution in [0.5, 0.6) is 5.75 Å². The van der Waals surface area contributed by atoms with Crippen LogP contribution < -0.4 is 10.1 Å². The van der Waals surface area contributed by atoms with E-state index in [9.17, 15) is 9.59 Å². The summed E-state index contributed by atoms with van der Waals surface area (Å²) in [6, 6.07) is 15.9. The van der Waals surface area contributed by atoms with Crippen LogP contribution in [0.15, 0.2) is 54.6 Å². The van der Waals surface area contributed by atoms with Gasteiger partial charge in [-0.2, -0.15) is 0 Å². The summed E-state index contributed by atoms with van der Waals surface area (Å²) in [4.78, 5) is 27.4. The largest absolute Gasteiger partial charge is 0.484 e. The smallest absolute Gasteiger partial charge is 0.261 e. The zero-order valence-corrected chi connectivity index (χ0v) is 17.8. The molecule has 1 atom stereocenters. The second-order valence-corrected chi connectivity index (χ2v) is 7.25. The van der Waals surface area contributed by atoms with E-state index in [-0.39, 0.29) is 18.4 Å². The molecule has 0 aromatic heterocycles. The lowest BCUT2D eigenvalue weighted by molar-refractivity contribution is -0.143. The van der Waals surface area contributed by atoms with Gasteiger partial charge in [-0.3, -0.25) is 9.59 Å². The molecule has 0 spiro atoms. The van der Waals surface area contributed by atoms with E-state index in [4.69, 9.17) is 16.3 Å². The van der Waals surface area contributed by atoms with Crippen LogP contribution in [-0.4, -0.2) is 35.9 Å². The lowest BCUT2D eigenvalue weighted by atomic mass is 10.1. The summed E-state index contributed by atoms with van der Waals surface area (Å²) in [7, 11) is 0. The zero-order valence-electron chi connectivity index (χ0n) is 17.1. The Kier molecular flexibility index (Phi) is 9.51. The lowest BCUT2D eigenvalue weighted by Crippen LogP contribution is -2.50. The molecular formula is C23H29ClN2O3. The summed E-state index contributed by atoms with van der Waals surface area (Å²) in [5.74, 6) is 0.247. The molecule has 0 heterocycles. The van der Waals surface area contributed by atoms with Crippen LogP contribution in [-0.2, 0) is 16.1 Å². The lowest BCUT2D eigenvalue weighted by Gasteiger charge is -2.30. The number of amides is 2. The number of benzene rings is 2. The maximum atomic E-state index is 13.0. The fraction of sp³-hybridized carbons (Fsp3) is 0.391. The first-order valence-corrected chi connectivity index (χ1v) is 10.4. The number of nitrogens with one attached hydrogen (secondary N) is 1. The van der Waals surface area contributed by atoms with Crippen molar-refractivity contribution < 1.29 is 14.3 Å². The van der Waals surface area contributed by atoms with E-state index < -0.39 is 6.04 Å². The molecule has 1 N–H and O–H groups in total. The molecule has 156 valence electrons. The minimum atomic E-state index is -0.561. The molecule has 0 fully saturated rings. The first kappa shape index (κ1) is 22.8. The van der Waals surface area contributed by atoms with Crippen molar-refractivity contribution in [2.45, 2.75) is 45.7 Å². The van der Waals surface area contributed by atoms with Gasteiger partial charge in [-0.1, -0.05) is 62.2 Å². The Hall–Kier alpha value is -2.53. The van der Waals surface area contributed by atoms with Crippen molar-refractivity contribution in [2.75, 3.05) is 13.2 Å². The predicted molar refractivity (Wildman–Crippen MR) is 116 cm³/mol. The Bertz CT molecular complexity index is 765. The van der Waals surface area contributed by atoms with Crippen LogP contribution >= 0.6 is 11.6 Å². The molecule has 2 rings (SSSR count). The summed E-state index contributed by atoms with van der Waals surface area (Å²) in [5, 5.41) is 3.57. The third-order valence-corrected chi connectivity index (χ3v) is 4.84. The van der Waals surface area contributed by atoms with Crippen molar-refractivity contribution in [3.8, 4) is 5.75 Å². The highest BCUT2D eigenvalue weighted by Gasteiger charge is 2.28. The minimum absolute atomic E-state index is 0.129. The number of hydrogen-bond donors (Lipinski definition) is 1. The molecular weight excluding hydrogens is 388 g/mol. The summed E-state index contributed by atoms with van der Waals surface area (Å²) < 4.78 is 5.63. The standard InChI is InChI=1S/C23H29ClN2O3/c1-3-5-15-25-23(28)21(4-2)26(16-18-11-13-19(24)14-12-18)22(27)17-29-20-9-7-6-8-10-20/h6-14,21H,3-5,15-17H2,1-2H3,(H,25,28)/t21-/m1/s1. The molecule has 2 aromatic rings. The Morgan fingerprint density at radius 2 is 1.76 bits per heavy atom.